The van der Waals surface area contributed by atoms with Crippen LogP contribution in [0.3, 0.4) is 0 Å². The second kappa shape index (κ2) is 5.11. The number of hydrogen-bond donors (Lipinski definition) is 1. The van der Waals surface area contributed by atoms with Gasteiger partial charge in [-0.2, -0.15) is 0 Å². The number of aliphatic hydroxyl groups excluding tert-OH is 1. The van der Waals surface area contributed by atoms with Gasteiger partial charge >= 0.3 is 0 Å². The Morgan fingerprint density at radius 3 is 2.94 bits per heavy atom. The number of thiazole rings is 1. The van der Waals surface area contributed by atoms with E-state index in [1.807, 2.05) is 0 Å². The molecule has 0 fully saturated rings. The van der Waals surface area contributed by atoms with Gasteiger partial charge < -0.3 is 9.84 Å². The van der Waals surface area contributed by atoms with Crippen molar-refractivity contribution in [3.63, 3.8) is 0 Å². The van der Waals surface area contributed by atoms with Crippen molar-refractivity contribution in [3.05, 3.63) is 29.2 Å². The van der Waals surface area contributed by atoms with Crippen LogP contribution in [0.2, 0.25) is 0 Å². The van der Waals surface area contributed by atoms with Gasteiger partial charge in [-0.25, -0.2) is 4.98 Å². The molecule has 0 bridgehead atoms. The lowest BCUT2D eigenvalue weighted by molar-refractivity contribution is 0.179. The number of aliphatic hydroxyl groups is 1. The molecule has 1 N–H and O–H groups in total. The molecule has 6 heteroatoms. The average Bonchev–Trinajstić information content (AvgIpc) is 2.74. The third-order valence-corrected chi connectivity index (χ3v) is 3.09. The van der Waals surface area contributed by atoms with Crippen molar-refractivity contribution in [2.75, 3.05) is 7.11 Å². The first-order valence-electron chi connectivity index (χ1n) is 4.70. The molecule has 16 heavy (non-hydrogen) atoms. The first-order chi connectivity index (χ1) is 7.85. The third kappa shape index (κ3) is 2.24. The normalized spacial score (nSPS) is 10.6. The van der Waals surface area contributed by atoms with Gasteiger partial charge in [-0.05, 0) is 0 Å². The molecule has 2 aromatic heterocycles. The molecular formula is C10H11N3O2S. The van der Waals surface area contributed by atoms with Gasteiger partial charge in [-0.15, -0.1) is 11.3 Å². The van der Waals surface area contributed by atoms with E-state index in [-0.39, 0.29) is 6.61 Å². The fourth-order valence-corrected chi connectivity index (χ4v) is 2.16. The van der Waals surface area contributed by atoms with Crippen LogP contribution >= 0.6 is 11.3 Å². The minimum atomic E-state index is -0.0311. The Bertz CT molecular complexity index is 458. The summed E-state index contributed by atoms with van der Waals surface area (Å²) in [5, 5.41) is 9.94. The average molecular weight is 237 g/mol. The van der Waals surface area contributed by atoms with Gasteiger partial charge in [-0.3, -0.25) is 9.97 Å². The largest absolute Gasteiger partial charge is 0.391 e. The quantitative estimate of drug-likeness (QED) is 0.866. The third-order valence-electron chi connectivity index (χ3n) is 1.99. The van der Waals surface area contributed by atoms with E-state index < -0.39 is 0 Å². The second-order valence-corrected chi connectivity index (χ2v) is 4.15. The molecule has 0 aliphatic rings. The van der Waals surface area contributed by atoms with Crippen molar-refractivity contribution < 1.29 is 9.84 Å². The second-order valence-electron chi connectivity index (χ2n) is 3.07. The molecular weight excluding hydrogens is 226 g/mol. The van der Waals surface area contributed by atoms with Crippen LogP contribution in [0.5, 0.6) is 0 Å². The predicted octanol–water partition coefficient (Wildman–Crippen LogP) is 1.24. The molecule has 84 valence electrons. The van der Waals surface area contributed by atoms with E-state index in [9.17, 15) is 5.11 Å². The molecule has 0 saturated heterocycles. The van der Waals surface area contributed by atoms with Crippen LogP contribution in [0.1, 0.15) is 10.6 Å². The Kier molecular flexibility index (Phi) is 3.55. The summed E-state index contributed by atoms with van der Waals surface area (Å²) in [7, 11) is 1.60. The van der Waals surface area contributed by atoms with E-state index in [4.69, 9.17) is 4.74 Å². The van der Waals surface area contributed by atoms with E-state index in [0.29, 0.717) is 12.3 Å². The molecule has 0 amide bonds. The summed E-state index contributed by atoms with van der Waals surface area (Å²) < 4.78 is 5.02. The summed E-state index contributed by atoms with van der Waals surface area (Å²) in [5.74, 6) is 0. The zero-order chi connectivity index (χ0) is 11.4. The van der Waals surface area contributed by atoms with Crippen LogP contribution in [-0.2, 0) is 18.0 Å². The molecule has 0 aliphatic heterocycles. The molecule has 0 atom stereocenters. The van der Waals surface area contributed by atoms with E-state index in [2.05, 4.69) is 15.0 Å². The molecule has 5 nitrogen and oxygen atoms in total. The maximum absolute atomic E-state index is 9.18. The predicted molar refractivity (Wildman–Crippen MR) is 59.8 cm³/mol. The minimum absolute atomic E-state index is 0.0311. The Morgan fingerprint density at radius 2 is 2.31 bits per heavy atom. The zero-order valence-electron chi connectivity index (χ0n) is 8.75. The van der Waals surface area contributed by atoms with Crippen molar-refractivity contribution in [2.24, 2.45) is 0 Å². The highest BCUT2D eigenvalue weighted by atomic mass is 32.1. The van der Waals surface area contributed by atoms with Gasteiger partial charge in [-0.1, -0.05) is 0 Å². The van der Waals surface area contributed by atoms with Gasteiger partial charge in [0.1, 0.15) is 10.7 Å². The number of methoxy groups -OCH3 is 1. The zero-order valence-corrected chi connectivity index (χ0v) is 9.57. The summed E-state index contributed by atoms with van der Waals surface area (Å²) in [6.07, 6.45) is 4.88. The number of rotatable bonds is 4. The minimum Gasteiger partial charge on any atom is -0.391 e. The molecule has 0 aliphatic carbocycles. The highest BCUT2D eigenvalue weighted by molar-refractivity contribution is 7.15. The lowest BCUT2D eigenvalue weighted by atomic mass is 10.4. The Balaban J connectivity index is 2.36. The fourth-order valence-electron chi connectivity index (χ4n) is 1.28. The van der Waals surface area contributed by atoms with Gasteiger partial charge in [0.15, 0.2) is 0 Å². The van der Waals surface area contributed by atoms with Crippen molar-refractivity contribution >= 4 is 11.3 Å². The van der Waals surface area contributed by atoms with Crippen molar-refractivity contribution in [1.29, 1.82) is 0 Å². The summed E-state index contributed by atoms with van der Waals surface area (Å²) in [6.45, 7) is 0.364. The number of nitrogens with zero attached hydrogens (tertiary/aromatic N) is 3. The summed E-state index contributed by atoms with van der Waals surface area (Å²) in [6, 6.07) is 0. The van der Waals surface area contributed by atoms with Crippen LogP contribution in [0.25, 0.3) is 10.7 Å². The topological polar surface area (TPSA) is 68.1 Å². The number of hydrogen-bond acceptors (Lipinski definition) is 6. The van der Waals surface area contributed by atoms with Crippen molar-refractivity contribution in [1.82, 2.24) is 15.0 Å². The molecule has 0 saturated carbocycles. The first kappa shape index (κ1) is 11.1. The fraction of sp³-hybridized carbons (Fsp3) is 0.300. The number of ether oxygens (including phenoxy) is 1. The van der Waals surface area contributed by atoms with E-state index in [1.54, 1.807) is 25.7 Å². The Labute approximate surface area is 96.8 Å². The van der Waals surface area contributed by atoms with Crippen LogP contribution in [0.4, 0.5) is 0 Å². The highest BCUT2D eigenvalue weighted by Crippen LogP contribution is 2.26. The van der Waals surface area contributed by atoms with Gasteiger partial charge in [0, 0.05) is 19.5 Å². The molecule has 0 radical (unpaired) electrons. The lowest BCUT2D eigenvalue weighted by Gasteiger charge is -1.95. The standard InChI is InChI=1S/C10H11N3O2S/c1-15-6-8-9(5-14)16-10(13-8)7-4-11-2-3-12-7/h2-4,14H,5-6H2,1H3. The van der Waals surface area contributed by atoms with E-state index >= 15 is 0 Å². The highest BCUT2D eigenvalue weighted by Gasteiger charge is 2.12. The SMILES string of the molecule is COCc1nc(-c2cnccn2)sc1CO. The van der Waals surface area contributed by atoms with Gasteiger partial charge in [0.25, 0.3) is 0 Å². The molecule has 0 aromatic carbocycles. The number of aromatic nitrogens is 3. The Morgan fingerprint density at radius 1 is 1.44 bits per heavy atom. The van der Waals surface area contributed by atoms with Crippen molar-refractivity contribution in [3.8, 4) is 10.7 Å². The van der Waals surface area contributed by atoms with E-state index in [0.717, 1.165) is 15.6 Å². The van der Waals surface area contributed by atoms with Gasteiger partial charge in [0.05, 0.1) is 30.0 Å². The summed E-state index contributed by atoms with van der Waals surface area (Å²) in [5.41, 5.74) is 1.47. The maximum Gasteiger partial charge on any atom is 0.144 e. The van der Waals surface area contributed by atoms with Crippen LogP contribution in [0.15, 0.2) is 18.6 Å². The monoisotopic (exact) mass is 237 g/mol. The smallest absolute Gasteiger partial charge is 0.144 e. The molecule has 2 heterocycles. The molecule has 0 unspecified atom stereocenters. The van der Waals surface area contributed by atoms with Gasteiger partial charge in [0.2, 0.25) is 0 Å². The molecule has 0 spiro atoms. The molecule has 2 rings (SSSR count). The molecule has 2 aromatic rings. The first-order valence-corrected chi connectivity index (χ1v) is 5.51. The van der Waals surface area contributed by atoms with Crippen LogP contribution in [0, 0.1) is 0 Å². The maximum atomic E-state index is 9.18. The van der Waals surface area contributed by atoms with Crippen molar-refractivity contribution in [2.45, 2.75) is 13.2 Å². The lowest BCUT2D eigenvalue weighted by Crippen LogP contribution is -1.93. The van der Waals surface area contributed by atoms with E-state index in [1.165, 1.54) is 11.3 Å². The Hall–Kier alpha value is -1.37. The summed E-state index contributed by atoms with van der Waals surface area (Å²) in [4.78, 5) is 13.3. The summed E-state index contributed by atoms with van der Waals surface area (Å²) >= 11 is 1.41. The van der Waals surface area contributed by atoms with Crippen LogP contribution < -0.4 is 0 Å². The van der Waals surface area contributed by atoms with Crippen LogP contribution in [-0.4, -0.2) is 27.2 Å².